The minimum Gasteiger partial charge on any atom is -0.458 e. The van der Waals surface area contributed by atoms with Gasteiger partial charge in [-0.3, -0.25) is 4.79 Å². The molecule has 1 aliphatic rings. The number of benzene rings is 2. The lowest BCUT2D eigenvalue weighted by atomic mass is 10.1. The van der Waals surface area contributed by atoms with Crippen molar-refractivity contribution in [3.05, 3.63) is 82.7 Å². The molecule has 3 rings (SSSR count). The van der Waals surface area contributed by atoms with E-state index in [1.54, 1.807) is 0 Å². The number of ether oxygens (including phenoxy) is 1. The van der Waals surface area contributed by atoms with Crippen LogP contribution in [0.1, 0.15) is 17.5 Å². The molecule has 2 aromatic rings. The summed E-state index contributed by atoms with van der Waals surface area (Å²) in [6.45, 7) is 2.70. The van der Waals surface area contributed by atoms with E-state index in [2.05, 4.69) is 15.1 Å². The molecule has 0 unspecified atom stereocenters. The summed E-state index contributed by atoms with van der Waals surface area (Å²) < 4.78 is 44.8. The van der Waals surface area contributed by atoms with E-state index in [0.717, 1.165) is 43.1 Å². The second kappa shape index (κ2) is 11.4. The van der Waals surface area contributed by atoms with Gasteiger partial charge in [-0.15, -0.1) is 0 Å². The van der Waals surface area contributed by atoms with Crippen LogP contribution in [-0.4, -0.2) is 49.4 Å². The molecule has 1 heterocycles. The van der Waals surface area contributed by atoms with Crippen molar-refractivity contribution < 1.29 is 22.7 Å². The van der Waals surface area contributed by atoms with Crippen LogP contribution in [0.2, 0.25) is 5.02 Å². The average molecular weight is 494 g/mol. The van der Waals surface area contributed by atoms with Gasteiger partial charge in [0.25, 0.3) is 0 Å². The Labute approximate surface area is 202 Å². The molecule has 5 nitrogen and oxygen atoms in total. The monoisotopic (exact) mass is 493 g/mol. The Bertz CT molecular complexity index is 1050. The molecule has 0 fully saturated rings. The highest BCUT2D eigenvalue weighted by molar-refractivity contribution is 6.31. The van der Waals surface area contributed by atoms with Gasteiger partial charge in [0.2, 0.25) is 5.91 Å². The maximum absolute atomic E-state index is 13.0. The topological polar surface area (TPSA) is 44.8 Å². The summed E-state index contributed by atoms with van der Waals surface area (Å²) in [6, 6.07) is 10.7. The van der Waals surface area contributed by atoms with E-state index in [-0.39, 0.29) is 18.0 Å². The Kier molecular flexibility index (Phi) is 8.63. The van der Waals surface area contributed by atoms with Crippen molar-refractivity contribution in [3.63, 3.8) is 0 Å². The Morgan fingerprint density at radius 3 is 2.53 bits per heavy atom. The third kappa shape index (κ3) is 7.81. The zero-order chi connectivity index (χ0) is 24.7. The fraction of sp³-hybridized carbons (Fsp3) is 0.320. The highest BCUT2D eigenvalue weighted by Crippen LogP contribution is 2.36. The van der Waals surface area contributed by atoms with Crippen LogP contribution in [0, 0.1) is 0 Å². The van der Waals surface area contributed by atoms with Crippen molar-refractivity contribution in [2.75, 3.05) is 39.0 Å². The minimum atomic E-state index is -4.59. The van der Waals surface area contributed by atoms with Crippen molar-refractivity contribution in [3.8, 4) is 5.75 Å². The lowest BCUT2D eigenvalue weighted by Gasteiger charge is -2.24. The molecule has 0 saturated carbocycles. The van der Waals surface area contributed by atoms with E-state index in [9.17, 15) is 18.0 Å². The number of carbonyl (C=O) groups excluding carboxylic acids is 1. The van der Waals surface area contributed by atoms with Gasteiger partial charge in [0.1, 0.15) is 11.5 Å². The molecule has 0 bridgehead atoms. The molecule has 0 saturated heterocycles. The van der Waals surface area contributed by atoms with Crippen LogP contribution in [0.15, 0.2) is 66.6 Å². The quantitative estimate of drug-likeness (QED) is 0.495. The number of hydrogen-bond donors (Lipinski definition) is 1. The highest BCUT2D eigenvalue weighted by atomic mass is 35.5. The predicted octanol–water partition coefficient (Wildman–Crippen LogP) is 5.58. The van der Waals surface area contributed by atoms with E-state index >= 15 is 0 Å². The summed E-state index contributed by atoms with van der Waals surface area (Å²) in [4.78, 5) is 16.5. The van der Waals surface area contributed by atoms with E-state index < -0.39 is 16.8 Å². The van der Waals surface area contributed by atoms with Crippen molar-refractivity contribution in [1.29, 1.82) is 0 Å². The second-order valence-corrected chi connectivity index (χ2v) is 8.61. The summed E-state index contributed by atoms with van der Waals surface area (Å²) >= 11 is 5.61. The summed E-state index contributed by atoms with van der Waals surface area (Å²) in [6.07, 6.45) is 1.95. The second-order valence-electron chi connectivity index (χ2n) is 8.21. The van der Waals surface area contributed by atoms with Crippen LogP contribution in [-0.2, 0) is 17.4 Å². The predicted molar refractivity (Wildman–Crippen MR) is 128 cm³/mol. The maximum Gasteiger partial charge on any atom is 0.417 e. The van der Waals surface area contributed by atoms with Gasteiger partial charge in [0, 0.05) is 37.9 Å². The molecule has 0 atom stereocenters. The van der Waals surface area contributed by atoms with E-state index in [1.807, 2.05) is 56.7 Å². The lowest BCUT2D eigenvalue weighted by Crippen LogP contribution is -2.29. The van der Waals surface area contributed by atoms with E-state index in [0.29, 0.717) is 12.2 Å². The molecular weight excluding hydrogens is 467 g/mol. The number of halogens is 4. The van der Waals surface area contributed by atoms with Gasteiger partial charge in [0.15, 0.2) is 0 Å². The summed E-state index contributed by atoms with van der Waals surface area (Å²) in [5, 5.41) is 2.08. The zero-order valence-corrected chi connectivity index (χ0v) is 19.8. The third-order valence-corrected chi connectivity index (χ3v) is 5.50. The molecule has 1 aliphatic heterocycles. The standard InChI is InChI=1S/C25H27ClF3N3O2/c1-31(2)15-16-32-13-11-21(12-14-32)34-20-7-3-18(4-8-20)5-10-24(33)30-19-6-9-23(26)22(17-19)25(27,28)29/h3-4,6-9,11-13,17H,5,10,14-16H2,1-2H3,(H,30,33). The Morgan fingerprint density at radius 2 is 1.91 bits per heavy atom. The zero-order valence-electron chi connectivity index (χ0n) is 19.0. The fourth-order valence-corrected chi connectivity index (χ4v) is 3.47. The van der Waals surface area contributed by atoms with Gasteiger partial charge >= 0.3 is 6.18 Å². The van der Waals surface area contributed by atoms with Crippen LogP contribution in [0.5, 0.6) is 5.75 Å². The molecule has 0 aromatic heterocycles. The van der Waals surface area contributed by atoms with Gasteiger partial charge in [-0.1, -0.05) is 23.7 Å². The van der Waals surface area contributed by atoms with E-state index in [4.69, 9.17) is 16.3 Å². The fourth-order valence-electron chi connectivity index (χ4n) is 3.25. The summed E-state index contributed by atoms with van der Waals surface area (Å²) in [5.41, 5.74) is -0.0102. The van der Waals surface area contributed by atoms with Gasteiger partial charge in [0.05, 0.1) is 10.6 Å². The Morgan fingerprint density at radius 1 is 1.18 bits per heavy atom. The first-order valence-corrected chi connectivity index (χ1v) is 11.2. The number of alkyl halides is 3. The smallest absolute Gasteiger partial charge is 0.417 e. The highest BCUT2D eigenvalue weighted by Gasteiger charge is 2.33. The molecule has 1 amide bonds. The van der Waals surface area contributed by atoms with Gasteiger partial charge in [-0.05, 0) is 68.6 Å². The largest absolute Gasteiger partial charge is 0.458 e. The average Bonchev–Trinajstić information content (AvgIpc) is 2.78. The van der Waals surface area contributed by atoms with Gasteiger partial charge < -0.3 is 19.9 Å². The Hall–Kier alpha value is -2.97. The number of anilines is 1. The van der Waals surface area contributed by atoms with Crippen LogP contribution in [0.25, 0.3) is 0 Å². The molecule has 34 heavy (non-hydrogen) atoms. The molecule has 0 aliphatic carbocycles. The summed E-state index contributed by atoms with van der Waals surface area (Å²) in [5.74, 6) is 1.08. The number of carbonyl (C=O) groups is 1. The molecular formula is C25H27ClF3N3O2. The number of aryl methyl sites for hydroxylation is 1. The van der Waals surface area contributed by atoms with Crippen LogP contribution >= 0.6 is 11.6 Å². The normalized spacial score (nSPS) is 13.7. The van der Waals surface area contributed by atoms with Crippen molar-refractivity contribution in [2.45, 2.75) is 19.0 Å². The molecule has 0 radical (unpaired) electrons. The minimum absolute atomic E-state index is 0.0552. The van der Waals surface area contributed by atoms with Gasteiger partial charge in [-0.2, -0.15) is 13.2 Å². The first-order valence-electron chi connectivity index (χ1n) is 10.8. The van der Waals surface area contributed by atoms with Crippen LogP contribution in [0.3, 0.4) is 0 Å². The number of likely N-dealkylation sites (N-methyl/N-ethyl adjacent to an activating group) is 1. The molecule has 1 N–H and O–H groups in total. The number of nitrogens with one attached hydrogen (secondary N) is 1. The number of hydrogen-bond acceptors (Lipinski definition) is 4. The molecule has 182 valence electrons. The molecule has 9 heteroatoms. The number of rotatable bonds is 9. The third-order valence-electron chi connectivity index (χ3n) is 5.17. The number of nitrogens with zero attached hydrogens (tertiary/aromatic N) is 2. The van der Waals surface area contributed by atoms with Gasteiger partial charge in [-0.25, -0.2) is 0 Å². The number of allylic oxidation sites excluding steroid dienone is 1. The lowest BCUT2D eigenvalue weighted by molar-refractivity contribution is -0.137. The SMILES string of the molecule is CN(C)CCN1C=CC(Oc2ccc(CCC(=O)Nc3ccc(Cl)c(C(F)(F)F)c3)cc2)=CC1. The summed E-state index contributed by atoms with van der Waals surface area (Å²) in [7, 11) is 4.09. The van der Waals surface area contributed by atoms with Crippen LogP contribution < -0.4 is 10.1 Å². The first-order chi connectivity index (χ1) is 16.1. The Balaban J connectivity index is 1.46. The molecule has 0 spiro atoms. The van der Waals surface area contributed by atoms with Crippen molar-refractivity contribution >= 4 is 23.2 Å². The first kappa shape index (κ1) is 25.6. The maximum atomic E-state index is 13.0. The van der Waals surface area contributed by atoms with Crippen molar-refractivity contribution in [1.82, 2.24) is 9.80 Å². The number of amides is 1. The van der Waals surface area contributed by atoms with Crippen LogP contribution in [0.4, 0.5) is 18.9 Å². The van der Waals surface area contributed by atoms with E-state index in [1.165, 1.54) is 6.07 Å². The van der Waals surface area contributed by atoms with Crippen molar-refractivity contribution in [2.24, 2.45) is 0 Å². The molecule has 2 aromatic carbocycles.